The van der Waals surface area contributed by atoms with Crippen LogP contribution in [-0.2, 0) is 0 Å². The highest BCUT2D eigenvalue weighted by Gasteiger charge is 2.09. The van der Waals surface area contributed by atoms with E-state index in [4.69, 9.17) is 4.74 Å². The first-order chi connectivity index (χ1) is 12.3. The van der Waals surface area contributed by atoms with Crippen molar-refractivity contribution in [1.29, 1.82) is 0 Å². The number of aromatic nitrogens is 3. The number of rotatable bonds is 5. The zero-order valence-corrected chi connectivity index (χ0v) is 13.5. The Kier molecular flexibility index (Phi) is 5.06. The fourth-order valence-corrected chi connectivity index (χ4v) is 2.05. The topological polar surface area (TPSA) is 89.4 Å². The van der Waals surface area contributed by atoms with Crippen LogP contribution >= 0.6 is 0 Å². The van der Waals surface area contributed by atoms with Gasteiger partial charge in [-0.05, 0) is 30.3 Å². The van der Waals surface area contributed by atoms with E-state index in [2.05, 4.69) is 25.5 Å². The van der Waals surface area contributed by atoms with Crippen LogP contribution in [-0.4, -0.2) is 34.2 Å². The van der Waals surface area contributed by atoms with E-state index in [-0.39, 0.29) is 5.69 Å². The Labute approximate surface area is 144 Å². The molecule has 3 aromatic rings. The van der Waals surface area contributed by atoms with Crippen LogP contribution in [0, 0.1) is 0 Å². The van der Waals surface area contributed by atoms with Crippen LogP contribution in [0.4, 0.5) is 0 Å². The summed E-state index contributed by atoms with van der Waals surface area (Å²) >= 11 is 0. The second-order valence-corrected chi connectivity index (χ2v) is 5.00. The van der Waals surface area contributed by atoms with E-state index in [0.717, 1.165) is 16.9 Å². The van der Waals surface area contributed by atoms with Crippen molar-refractivity contribution >= 4 is 12.1 Å². The SMILES string of the molecule is COc1ccc(-c2cncc(C(=O)N/N=C/c3cccnc3)n2)cc1. The van der Waals surface area contributed by atoms with Gasteiger partial charge in [-0.3, -0.25) is 14.8 Å². The quantitative estimate of drug-likeness (QED) is 0.572. The average molecular weight is 333 g/mol. The third kappa shape index (κ3) is 4.23. The van der Waals surface area contributed by atoms with E-state index in [9.17, 15) is 4.79 Å². The van der Waals surface area contributed by atoms with E-state index in [1.165, 1.54) is 12.4 Å². The molecule has 0 aliphatic heterocycles. The van der Waals surface area contributed by atoms with Crippen LogP contribution in [0.25, 0.3) is 11.3 Å². The summed E-state index contributed by atoms with van der Waals surface area (Å²) in [7, 11) is 1.60. The van der Waals surface area contributed by atoms with E-state index in [1.54, 1.807) is 31.8 Å². The molecule has 0 unspecified atom stereocenters. The third-order valence-corrected chi connectivity index (χ3v) is 3.32. The predicted octanol–water partition coefficient (Wildman–Crippen LogP) is 2.31. The number of benzene rings is 1. The highest BCUT2D eigenvalue weighted by Crippen LogP contribution is 2.20. The first-order valence-electron chi connectivity index (χ1n) is 7.46. The molecule has 0 bridgehead atoms. The molecule has 3 rings (SSSR count). The van der Waals surface area contributed by atoms with Crippen molar-refractivity contribution in [2.75, 3.05) is 7.11 Å². The molecule has 124 valence electrons. The number of pyridine rings is 1. The first-order valence-corrected chi connectivity index (χ1v) is 7.46. The van der Waals surface area contributed by atoms with E-state index in [1.807, 2.05) is 30.3 Å². The van der Waals surface area contributed by atoms with Gasteiger partial charge in [-0.2, -0.15) is 5.10 Å². The highest BCUT2D eigenvalue weighted by atomic mass is 16.5. The van der Waals surface area contributed by atoms with Gasteiger partial charge in [0.1, 0.15) is 11.4 Å². The van der Waals surface area contributed by atoms with Gasteiger partial charge in [0.05, 0.1) is 31.4 Å². The minimum atomic E-state index is -0.442. The highest BCUT2D eigenvalue weighted by molar-refractivity contribution is 5.93. The number of nitrogens with zero attached hydrogens (tertiary/aromatic N) is 4. The fourth-order valence-electron chi connectivity index (χ4n) is 2.05. The zero-order chi connectivity index (χ0) is 17.5. The van der Waals surface area contributed by atoms with Gasteiger partial charge in [-0.15, -0.1) is 0 Å². The largest absolute Gasteiger partial charge is 0.497 e. The summed E-state index contributed by atoms with van der Waals surface area (Å²) in [6, 6.07) is 11.0. The first kappa shape index (κ1) is 16.3. The van der Waals surface area contributed by atoms with Gasteiger partial charge in [0.2, 0.25) is 0 Å². The maximum absolute atomic E-state index is 12.2. The van der Waals surface area contributed by atoms with Crippen molar-refractivity contribution in [3.8, 4) is 17.0 Å². The molecule has 0 saturated heterocycles. The molecule has 1 aromatic carbocycles. The molecule has 1 amide bonds. The van der Waals surface area contributed by atoms with Crippen molar-refractivity contribution in [3.63, 3.8) is 0 Å². The van der Waals surface area contributed by atoms with Crippen LogP contribution in [0.5, 0.6) is 5.75 Å². The normalized spacial score (nSPS) is 10.6. The maximum Gasteiger partial charge on any atom is 0.291 e. The van der Waals surface area contributed by atoms with Gasteiger partial charge >= 0.3 is 0 Å². The number of ether oxygens (including phenoxy) is 1. The smallest absolute Gasteiger partial charge is 0.291 e. The van der Waals surface area contributed by atoms with Crippen LogP contribution in [0.3, 0.4) is 0 Å². The second kappa shape index (κ2) is 7.78. The summed E-state index contributed by atoms with van der Waals surface area (Å²) < 4.78 is 5.13. The van der Waals surface area contributed by atoms with Gasteiger partial charge in [-0.25, -0.2) is 10.4 Å². The standard InChI is InChI=1S/C18H15N5O2/c1-25-15-6-4-14(5-7-15)16-11-20-12-17(22-16)18(24)23-21-10-13-3-2-8-19-9-13/h2-12H,1H3,(H,23,24)/b21-10+. The monoisotopic (exact) mass is 333 g/mol. The van der Waals surface area contributed by atoms with E-state index in [0.29, 0.717) is 5.69 Å². The summed E-state index contributed by atoms with van der Waals surface area (Å²) in [6.45, 7) is 0. The number of methoxy groups -OCH3 is 1. The molecule has 0 radical (unpaired) electrons. The van der Waals surface area contributed by atoms with Crippen molar-refractivity contribution in [3.05, 3.63) is 72.4 Å². The molecule has 7 heteroatoms. The fraction of sp³-hybridized carbons (Fsp3) is 0.0556. The summed E-state index contributed by atoms with van der Waals surface area (Å²) in [6.07, 6.45) is 7.79. The average Bonchev–Trinajstić information content (AvgIpc) is 2.69. The Balaban J connectivity index is 1.72. The van der Waals surface area contributed by atoms with Crippen LogP contribution < -0.4 is 10.2 Å². The van der Waals surface area contributed by atoms with Crippen LogP contribution in [0.1, 0.15) is 16.1 Å². The Morgan fingerprint density at radius 3 is 2.68 bits per heavy atom. The maximum atomic E-state index is 12.2. The minimum absolute atomic E-state index is 0.177. The van der Waals surface area contributed by atoms with E-state index >= 15 is 0 Å². The molecule has 1 N–H and O–H groups in total. The number of hydrogen-bond acceptors (Lipinski definition) is 6. The molecular weight excluding hydrogens is 318 g/mol. The van der Waals surface area contributed by atoms with Crippen molar-refractivity contribution in [1.82, 2.24) is 20.4 Å². The molecule has 7 nitrogen and oxygen atoms in total. The van der Waals surface area contributed by atoms with Crippen LogP contribution in [0.15, 0.2) is 66.3 Å². The molecule has 0 aliphatic rings. The van der Waals surface area contributed by atoms with Crippen LogP contribution in [0.2, 0.25) is 0 Å². The summed E-state index contributed by atoms with van der Waals surface area (Å²) in [5.41, 5.74) is 4.81. The predicted molar refractivity (Wildman–Crippen MR) is 93.3 cm³/mol. The van der Waals surface area contributed by atoms with Crippen molar-refractivity contribution < 1.29 is 9.53 Å². The second-order valence-electron chi connectivity index (χ2n) is 5.00. The molecule has 0 atom stereocenters. The number of carbonyl (C=O) groups excluding carboxylic acids is 1. The van der Waals surface area contributed by atoms with Gasteiger partial charge in [0, 0.05) is 23.5 Å². The molecule has 0 spiro atoms. The lowest BCUT2D eigenvalue weighted by Gasteiger charge is -2.04. The lowest BCUT2D eigenvalue weighted by atomic mass is 10.1. The Morgan fingerprint density at radius 1 is 1.12 bits per heavy atom. The summed E-state index contributed by atoms with van der Waals surface area (Å²) in [5, 5.41) is 3.89. The number of hydrazone groups is 1. The van der Waals surface area contributed by atoms with Gasteiger partial charge in [0.25, 0.3) is 5.91 Å². The van der Waals surface area contributed by atoms with Crippen molar-refractivity contribution in [2.45, 2.75) is 0 Å². The number of nitrogens with one attached hydrogen (secondary N) is 1. The molecule has 2 heterocycles. The number of hydrogen-bond donors (Lipinski definition) is 1. The summed E-state index contributed by atoms with van der Waals surface area (Å²) in [4.78, 5) is 24.5. The number of carbonyl (C=O) groups is 1. The molecular formula is C18H15N5O2. The molecule has 2 aromatic heterocycles. The lowest BCUT2D eigenvalue weighted by molar-refractivity contribution is 0.0950. The Hall–Kier alpha value is -3.61. The molecule has 25 heavy (non-hydrogen) atoms. The van der Waals surface area contributed by atoms with Gasteiger partial charge in [0.15, 0.2) is 0 Å². The summed E-state index contributed by atoms with van der Waals surface area (Å²) in [5.74, 6) is 0.304. The van der Waals surface area contributed by atoms with Crippen molar-refractivity contribution in [2.24, 2.45) is 5.10 Å². The molecule has 0 fully saturated rings. The molecule has 0 saturated carbocycles. The lowest BCUT2D eigenvalue weighted by Crippen LogP contribution is -2.19. The molecule has 0 aliphatic carbocycles. The van der Waals surface area contributed by atoms with E-state index < -0.39 is 5.91 Å². The number of amides is 1. The van der Waals surface area contributed by atoms with Gasteiger partial charge < -0.3 is 4.74 Å². The Bertz CT molecular complexity index is 879. The zero-order valence-electron chi connectivity index (χ0n) is 13.5. The Morgan fingerprint density at radius 2 is 1.96 bits per heavy atom. The van der Waals surface area contributed by atoms with Gasteiger partial charge in [-0.1, -0.05) is 6.07 Å². The minimum Gasteiger partial charge on any atom is -0.497 e. The third-order valence-electron chi connectivity index (χ3n) is 3.32.